The van der Waals surface area contributed by atoms with Gasteiger partial charge >= 0.3 is 6.18 Å². The number of pyridine rings is 1. The highest BCUT2D eigenvalue weighted by Gasteiger charge is 2.28. The van der Waals surface area contributed by atoms with E-state index in [1.807, 2.05) is 19.2 Å². The first-order valence-electron chi connectivity index (χ1n) is 8.43. The topological polar surface area (TPSA) is 71.4 Å². The number of aliphatic imine (C=N–C) groups is 1. The van der Waals surface area contributed by atoms with Crippen molar-refractivity contribution in [2.24, 2.45) is 4.99 Å². The average Bonchev–Trinajstić information content (AvgIpc) is 3.03. The van der Waals surface area contributed by atoms with Crippen molar-refractivity contribution in [1.29, 1.82) is 0 Å². The molecule has 0 spiro atoms. The third-order valence-corrected chi connectivity index (χ3v) is 4.11. The molecule has 2 heterocycles. The van der Waals surface area contributed by atoms with E-state index in [1.54, 1.807) is 17.4 Å². The van der Waals surface area contributed by atoms with Gasteiger partial charge in [-0.15, -0.1) is 11.3 Å². The zero-order chi connectivity index (χ0) is 19.7. The van der Waals surface area contributed by atoms with Crippen LogP contribution in [-0.4, -0.2) is 41.8 Å². The number of hydrogen-bond acceptors (Lipinski definition) is 5. The Morgan fingerprint density at radius 2 is 2.15 bits per heavy atom. The second kappa shape index (κ2) is 10.1. The molecule has 0 saturated heterocycles. The Kier molecular flexibility index (Phi) is 7.83. The number of thiazole rings is 1. The smallest absolute Gasteiger partial charge is 0.422 e. The first-order chi connectivity index (χ1) is 12.9. The summed E-state index contributed by atoms with van der Waals surface area (Å²) in [5, 5.41) is 9.41. The zero-order valence-electron chi connectivity index (χ0n) is 15.1. The Labute approximate surface area is 159 Å². The normalized spacial score (nSPS) is 12.1. The zero-order valence-corrected chi connectivity index (χ0v) is 16.0. The van der Waals surface area contributed by atoms with Crippen LogP contribution in [-0.2, 0) is 13.0 Å². The summed E-state index contributed by atoms with van der Waals surface area (Å²) in [6, 6.07) is 3.14. The van der Waals surface area contributed by atoms with Crippen molar-refractivity contribution in [3.05, 3.63) is 40.0 Å². The summed E-state index contributed by atoms with van der Waals surface area (Å²) in [7, 11) is 0. The number of rotatable bonds is 8. The largest absolute Gasteiger partial charge is 0.468 e. The van der Waals surface area contributed by atoms with E-state index in [9.17, 15) is 13.2 Å². The van der Waals surface area contributed by atoms with Gasteiger partial charge in [0, 0.05) is 37.2 Å². The fraction of sp³-hybridized carbons (Fsp3) is 0.471. The van der Waals surface area contributed by atoms with Crippen LogP contribution in [0.5, 0.6) is 5.88 Å². The van der Waals surface area contributed by atoms with E-state index >= 15 is 0 Å². The van der Waals surface area contributed by atoms with Crippen LogP contribution in [0.3, 0.4) is 0 Å². The molecule has 148 valence electrons. The number of alkyl halides is 3. The Hall–Kier alpha value is -2.36. The number of aryl methyl sites for hydroxylation is 1. The number of nitrogens with one attached hydrogen (secondary N) is 2. The Morgan fingerprint density at radius 3 is 2.81 bits per heavy atom. The molecular formula is C17H22F3N5OS. The molecule has 2 N–H and O–H groups in total. The van der Waals surface area contributed by atoms with Crippen molar-refractivity contribution in [2.45, 2.75) is 33.0 Å². The number of guanidine groups is 1. The average molecular weight is 401 g/mol. The summed E-state index contributed by atoms with van der Waals surface area (Å²) in [6.45, 7) is 4.21. The maximum atomic E-state index is 12.2. The lowest BCUT2D eigenvalue weighted by atomic mass is 10.3. The highest BCUT2D eigenvalue weighted by molar-refractivity contribution is 7.09. The van der Waals surface area contributed by atoms with E-state index in [4.69, 9.17) is 0 Å². The molecule has 2 aromatic heterocycles. The predicted octanol–water partition coefficient (Wildman–Crippen LogP) is 3.09. The number of halogens is 3. The van der Waals surface area contributed by atoms with Gasteiger partial charge in [-0.3, -0.25) is 0 Å². The highest BCUT2D eigenvalue weighted by atomic mass is 32.1. The van der Waals surface area contributed by atoms with Gasteiger partial charge < -0.3 is 15.4 Å². The van der Waals surface area contributed by atoms with Crippen molar-refractivity contribution in [2.75, 3.05) is 19.7 Å². The van der Waals surface area contributed by atoms with Crippen LogP contribution in [0, 0.1) is 6.92 Å². The first-order valence-corrected chi connectivity index (χ1v) is 9.31. The summed E-state index contributed by atoms with van der Waals surface area (Å²) in [5.74, 6) is 0.552. The fourth-order valence-electron chi connectivity index (χ4n) is 2.13. The van der Waals surface area contributed by atoms with Gasteiger partial charge in [-0.05, 0) is 25.5 Å². The van der Waals surface area contributed by atoms with Gasteiger partial charge in [0.2, 0.25) is 5.88 Å². The van der Waals surface area contributed by atoms with Crippen molar-refractivity contribution >= 4 is 17.3 Å². The third-order valence-electron chi connectivity index (χ3n) is 3.29. The van der Waals surface area contributed by atoms with Gasteiger partial charge in [-0.1, -0.05) is 0 Å². The van der Waals surface area contributed by atoms with Crippen LogP contribution < -0.4 is 15.4 Å². The minimum Gasteiger partial charge on any atom is -0.468 e. The molecule has 0 amide bonds. The molecule has 0 atom stereocenters. The summed E-state index contributed by atoms with van der Waals surface area (Å²) >= 11 is 1.61. The lowest BCUT2D eigenvalue weighted by Gasteiger charge is -2.11. The first kappa shape index (κ1) is 20.9. The maximum Gasteiger partial charge on any atom is 0.422 e. The van der Waals surface area contributed by atoms with Gasteiger partial charge in [-0.25, -0.2) is 15.0 Å². The van der Waals surface area contributed by atoms with Crippen molar-refractivity contribution in [1.82, 2.24) is 20.6 Å². The van der Waals surface area contributed by atoms with Gasteiger partial charge in [-0.2, -0.15) is 13.2 Å². The van der Waals surface area contributed by atoms with Crippen LogP contribution in [0.15, 0.2) is 28.7 Å². The third kappa shape index (κ3) is 8.25. The van der Waals surface area contributed by atoms with Gasteiger partial charge in [0.05, 0.1) is 17.2 Å². The molecule has 0 aliphatic heterocycles. The molecule has 0 fully saturated rings. The van der Waals surface area contributed by atoms with E-state index in [-0.39, 0.29) is 12.4 Å². The molecule has 0 aromatic carbocycles. The molecule has 0 bridgehead atoms. The van der Waals surface area contributed by atoms with Crippen molar-refractivity contribution in [3.8, 4) is 5.88 Å². The minimum atomic E-state index is -4.40. The monoisotopic (exact) mass is 401 g/mol. The quantitative estimate of drug-likeness (QED) is 0.525. The number of hydrogen-bond donors (Lipinski definition) is 2. The lowest BCUT2D eigenvalue weighted by molar-refractivity contribution is -0.154. The molecular weight excluding hydrogens is 379 g/mol. The van der Waals surface area contributed by atoms with Crippen molar-refractivity contribution < 1.29 is 17.9 Å². The van der Waals surface area contributed by atoms with Gasteiger partial charge in [0.25, 0.3) is 0 Å². The lowest BCUT2D eigenvalue weighted by Crippen LogP contribution is -2.38. The van der Waals surface area contributed by atoms with Gasteiger partial charge in [0.1, 0.15) is 0 Å². The SMILES string of the molecule is CCNC(=NCc1ccnc(OCC(F)(F)F)c1)NCCc1csc(C)n1. The standard InChI is InChI=1S/C17H22F3N5OS/c1-3-21-16(23-7-5-14-10-27-12(2)25-14)24-9-13-4-6-22-15(8-13)26-11-17(18,19)20/h4,6,8,10H,3,5,7,9,11H2,1-2H3,(H2,21,23,24). The Bertz CT molecular complexity index is 748. The number of ether oxygens (including phenoxy) is 1. The fourth-order valence-corrected chi connectivity index (χ4v) is 2.77. The molecule has 0 aliphatic carbocycles. The minimum absolute atomic E-state index is 0.0723. The van der Waals surface area contributed by atoms with Crippen molar-refractivity contribution in [3.63, 3.8) is 0 Å². The molecule has 0 saturated carbocycles. The molecule has 0 radical (unpaired) electrons. The number of aromatic nitrogens is 2. The van der Waals surface area contributed by atoms with Crippen LogP contribution in [0.1, 0.15) is 23.2 Å². The van der Waals surface area contributed by atoms with E-state index in [1.165, 1.54) is 12.3 Å². The number of nitrogens with zero attached hydrogens (tertiary/aromatic N) is 3. The van der Waals surface area contributed by atoms with E-state index in [2.05, 4.69) is 30.3 Å². The molecule has 6 nitrogen and oxygen atoms in total. The highest BCUT2D eigenvalue weighted by Crippen LogP contribution is 2.17. The van der Waals surface area contributed by atoms with Crippen LogP contribution in [0.4, 0.5) is 13.2 Å². The Morgan fingerprint density at radius 1 is 1.33 bits per heavy atom. The maximum absolute atomic E-state index is 12.2. The summed E-state index contributed by atoms with van der Waals surface area (Å²) in [5.41, 5.74) is 1.73. The van der Waals surface area contributed by atoms with E-state index in [0.717, 1.165) is 17.1 Å². The molecule has 0 aliphatic rings. The molecule has 10 heteroatoms. The van der Waals surface area contributed by atoms with Crippen LogP contribution in [0.2, 0.25) is 0 Å². The summed E-state index contributed by atoms with van der Waals surface area (Å²) in [4.78, 5) is 12.6. The van der Waals surface area contributed by atoms with E-state index < -0.39 is 12.8 Å². The second-order valence-electron chi connectivity index (χ2n) is 5.64. The molecule has 2 rings (SSSR count). The van der Waals surface area contributed by atoms with Crippen LogP contribution in [0.25, 0.3) is 0 Å². The van der Waals surface area contributed by atoms with Crippen LogP contribution >= 0.6 is 11.3 Å². The summed E-state index contributed by atoms with van der Waals surface area (Å²) in [6.07, 6.45) is -2.21. The molecule has 0 unspecified atom stereocenters. The van der Waals surface area contributed by atoms with E-state index in [0.29, 0.717) is 24.6 Å². The molecule has 2 aromatic rings. The Balaban J connectivity index is 1.89. The predicted molar refractivity (Wildman–Crippen MR) is 99.2 cm³/mol. The molecule has 27 heavy (non-hydrogen) atoms. The van der Waals surface area contributed by atoms with Gasteiger partial charge in [0.15, 0.2) is 12.6 Å². The summed E-state index contributed by atoms with van der Waals surface area (Å²) < 4.78 is 41.3. The second-order valence-corrected chi connectivity index (χ2v) is 6.70.